The van der Waals surface area contributed by atoms with Gasteiger partial charge in [0, 0.05) is 19.0 Å². The summed E-state index contributed by atoms with van der Waals surface area (Å²) < 4.78 is 56.6. The molecule has 8 atom stereocenters. The van der Waals surface area contributed by atoms with Crippen molar-refractivity contribution in [3.05, 3.63) is 71.4 Å². The maximum Gasteiger partial charge on any atom is 0.481 e. The third-order valence-corrected chi connectivity index (χ3v) is 13.6. The molecule has 0 saturated carbocycles. The molecule has 1 aliphatic rings. The average molecular weight is 1020 g/mol. The van der Waals surface area contributed by atoms with E-state index in [1.54, 1.807) is 6.08 Å². The number of aromatic nitrogens is 2. The Hall–Kier alpha value is -3.32. The lowest BCUT2D eigenvalue weighted by atomic mass is 10.0. The Balaban J connectivity index is 1.86. The normalized spacial score (nSPS) is 20.2. The number of nitrogens with zero attached hydrogens (tertiary/aromatic N) is 2. The van der Waals surface area contributed by atoms with Crippen molar-refractivity contribution in [2.75, 3.05) is 25.6 Å². The van der Waals surface area contributed by atoms with Crippen LogP contribution in [0.4, 0.5) is 5.82 Å². The third kappa shape index (κ3) is 29.6. The van der Waals surface area contributed by atoms with Gasteiger partial charge in [0.05, 0.1) is 19.3 Å². The number of anilines is 1. The lowest BCUT2D eigenvalue weighted by Crippen LogP contribution is -2.36. The van der Waals surface area contributed by atoms with Gasteiger partial charge in [-0.3, -0.25) is 23.2 Å². The Morgan fingerprint density at radius 1 is 0.768 bits per heavy atom. The molecule has 0 bridgehead atoms. The minimum atomic E-state index is -5.45. The number of nitrogens with two attached hydrogens (primary N) is 1. The Bertz CT molecular complexity index is 1860. The number of ether oxygens (including phenoxy) is 3. The summed E-state index contributed by atoms with van der Waals surface area (Å²) in [5.41, 5.74) is 4.57. The van der Waals surface area contributed by atoms with Crippen molar-refractivity contribution in [3.63, 3.8) is 0 Å². The maximum atomic E-state index is 12.8. The molecule has 1 saturated heterocycles. The first-order valence-electron chi connectivity index (χ1n) is 24.8. The van der Waals surface area contributed by atoms with E-state index < -0.39 is 89.8 Å². The topological polar surface area (TPSA) is 286 Å². The SMILES string of the molecule is CCCCC/C=C\C=C/[C@H](O)C/C=C\C/C=C/CCCC(=O)O[C@H](COC(=O)CCCCCCCCCCCCCCC)COP(=O)(O)OP(=O)(O)OC[C@H]1O[C@@H](n2ccc(N)nc2=O)[C@H](O)[C@@H]1O. The molecule has 1 aromatic rings. The second kappa shape index (κ2) is 36.6. The van der Waals surface area contributed by atoms with Gasteiger partial charge in [0.2, 0.25) is 0 Å². The molecule has 1 aromatic heterocycles. The van der Waals surface area contributed by atoms with Crippen LogP contribution in [-0.4, -0.2) is 96.9 Å². The molecule has 7 N–H and O–H groups in total. The van der Waals surface area contributed by atoms with Gasteiger partial charge in [-0.1, -0.05) is 152 Å². The average Bonchev–Trinajstić information content (AvgIpc) is 3.58. The highest BCUT2D eigenvalue weighted by molar-refractivity contribution is 7.61. The van der Waals surface area contributed by atoms with Gasteiger partial charge >= 0.3 is 33.3 Å². The van der Waals surface area contributed by atoms with E-state index in [2.05, 4.69) is 29.2 Å². The van der Waals surface area contributed by atoms with Gasteiger partial charge in [0.15, 0.2) is 12.3 Å². The van der Waals surface area contributed by atoms with E-state index in [1.165, 1.54) is 70.3 Å². The number of esters is 2. The van der Waals surface area contributed by atoms with Crippen LogP contribution in [0.3, 0.4) is 0 Å². The van der Waals surface area contributed by atoms with Gasteiger partial charge in [0.1, 0.15) is 30.7 Å². The highest BCUT2D eigenvalue weighted by Crippen LogP contribution is 2.60. The molecule has 19 nitrogen and oxygen atoms in total. The number of nitrogen functional groups attached to an aromatic ring is 1. The summed E-state index contributed by atoms with van der Waals surface area (Å²) in [6.45, 7) is 1.99. The Labute approximate surface area is 408 Å². The highest BCUT2D eigenvalue weighted by Gasteiger charge is 2.46. The van der Waals surface area contributed by atoms with Crippen LogP contribution in [-0.2, 0) is 46.3 Å². The van der Waals surface area contributed by atoms with Gasteiger partial charge in [-0.25, -0.2) is 13.9 Å². The van der Waals surface area contributed by atoms with Gasteiger partial charge in [0.25, 0.3) is 0 Å². The number of carbonyl (C=O) groups is 2. The predicted octanol–water partition coefficient (Wildman–Crippen LogP) is 8.75. The minimum absolute atomic E-state index is 0.0593. The van der Waals surface area contributed by atoms with E-state index in [1.807, 2.05) is 36.5 Å². The number of phosphoric acid groups is 2. The van der Waals surface area contributed by atoms with E-state index in [4.69, 9.17) is 29.0 Å². The summed E-state index contributed by atoms with van der Waals surface area (Å²) in [6.07, 6.45) is 29.4. The van der Waals surface area contributed by atoms with E-state index >= 15 is 0 Å². The summed E-state index contributed by atoms with van der Waals surface area (Å²) >= 11 is 0. The molecule has 394 valence electrons. The summed E-state index contributed by atoms with van der Waals surface area (Å²) in [6, 6.07) is 1.24. The quantitative estimate of drug-likeness (QED) is 0.0118. The zero-order valence-electron chi connectivity index (χ0n) is 40.7. The minimum Gasteiger partial charge on any atom is -0.462 e. The molecule has 2 heterocycles. The number of hydrogen-bond donors (Lipinski definition) is 6. The molecule has 21 heteroatoms. The van der Waals surface area contributed by atoms with Gasteiger partial charge in [-0.15, -0.1) is 0 Å². The zero-order chi connectivity index (χ0) is 50.8. The largest absolute Gasteiger partial charge is 0.481 e. The van der Waals surface area contributed by atoms with Gasteiger partial charge in [-0.2, -0.15) is 9.29 Å². The fourth-order valence-electron chi connectivity index (χ4n) is 7.09. The molecular formula is C48H81N3O16P2. The monoisotopic (exact) mass is 1020 g/mol. The number of allylic oxidation sites excluding steroid dienone is 6. The molecule has 0 spiro atoms. The number of rotatable bonds is 40. The number of phosphoric ester groups is 2. The smallest absolute Gasteiger partial charge is 0.462 e. The first-order chi connectivity index (χ1) is 33.1. The van der Waals surface area contributed by atoms with Crippen LogP contribution >= 0.6 is 15.6 Å². The van der Waals surface area contributed by atoms with Gasteiger partial charge < -0.3 is 45.1 Å². The fourth-order valence-corrected chi connectivity index (χ4v) is 9.20. The molecule has 0 aliphatic carbocycles. The molecule has 0 amide bonds. The van der Waals surface area contributed by atoms with E-state index in [0.29, 0.717) is 32.1 Å². The lowest BCUT2D eigenvalue weighted by molar-refractivity contribution is -0.161. The summed E-state index contributed by atoms with van der Waals surface area (Å²) in [5.74, 6) is -1.41. The van der Waals surface area contributed by atoms with Crippen molar-refractivity contribution in [2.45, 2.75) is 198 Å². The van der Waals surface area contributed by atoms with E-state index in [-0.39, 0.29) is 18.7 Å². The van der Waals surface area contributed by atoms with Crippen molar-refractivity contribution in [2.24, 2.45) is 0 Å². The first kappa shape index (κ1) is 61.8. The van der Waals surface area contributed by atoms with Crippen LogP contribution in [0.1, 0.15) is 168 Å². The summed E-state index contributed by atoms with van der Waals surface area (Å²) in [5, 5.41) is 31.0. The first-order valence-corrected chi connectivity index (χ1v) is 27.7. The molecule has 0 radical (unpaired) electrons. The Morgan fingerprint density at radius 3 is 2.03 bits per heavy atom. The maximum absolute atomic E-state index is 12.8. The van der Waals surface area contributed by atoms with E-state index in [0.717, 1.165) is 49.3 Å². The highest BCUT2D eigenvalue weighted by atomic mass is 31.3. The van der Waals surface area contributed by atoms with Crippen molar-refractivity contribution in [3.8, 4) is 0 Å². The molecule has 1 aliphatic heterocycles. The standard InChI is InChI=1S/C48H81N3O16P2/c1-3-5-7-9-11-12-13-14-15-16-20-24-28-32-43(53)62-36-40(65-44(54)33-29-25-21-17-19-23-27-31-39(52)30-26-22-18-10-8-6-4-2)37-63-68(58,59)67-69(60,61)64-38-41-45(55)46(56)47(66-41)51-35-34-42(49)50-48(51)57/h17-18,21-23,26-27,30,34-35,39-41,45-47,52,55-56H,3-16,19-20,24-25,28-29,31-33,36-38H2,1-2H3,(H,58,59)(H,60,61)(H2,49,50,57)/b21-17+,22-18-,27-23-,30-26-/t39-,40+,41+,45+,46+,47+/m0/s1. The van der Waals surface area contributed by atoms with E-state index in [9.17, 15) is 48.6 Å². The van der Waals surface area contributed by atoms with Gasteiger partial charge in [-0.05, 0) is 51.0 Å². The molecule has 69 heavy (non-hydrogen) atoms. The molecular weight excluding hydrogens is 936 g/mol. The number of hydrogen-bond acceptors (Lipinski definition) is 16. The van der Waals surface area contributed by atoms with Crippen molar-refractivity contribution in [1.29, 1.82) is 0 Å². The van der Waals surface area contributed by atoms with Crippen molar-refractivity contribution >= 4 is 33.4 Å². The zero-order valence-corrected chi connectivity index (χ0v) is 42.5. The second-order valence-corrected chi connectivity index (χ2v) is 20.2. The molecule has 0 aromatic carbocycles. The predicted molar refractivity (Wildman–Crippen MR) is 262 cm³/mol. The Kier molecular flexibility index (Phi) is 32.8. The molecule has 2 rings (SSSR count). The van der Waals surface area contributed by atoms with Crippen LogP contribution in [0, 0.1) is 0 Å². The van der Waals surface area contributed by atoms with Crippen LogP contribution in [0.2, 0.25) is 0 Å². The molecule has 1 fully saturated rings. The number of carbonyl (C=O) groups excluding carboxylic acids is 2. The second-order valence-electron chi connectivity index (χ2n) is 17.2. The lowest BCUT2D eigenvalue weighted by Gasteiger charge is -2.21. The van der Waals surface area contributed by atoms with Crippen molar-refractivity contribution in [1.82, 2.24) is 9.55 Å². The third-order valence-electron chi connectivity index (χ3n) is 11.0. The summed E-state index contributed by atoms with van der Waals surface area (Å²) in [4.78, 5) is 61.8. The Morgan fingerprint density at radius 2 is 1.36 bits per heavy atom. The molecule has 2 unspecified atom stereocenters. The number of aliphatic hydroxyl groups is 3. The van der Waals surface area contributed by atoms with Crippen molar-refractivity contribution < 1.29 is 71.4 Å². The van der Waals surface area contributed by atoms with Crippen LogP contribution in [0.25, 0.3) is 0 Å². The fraction of sp³-hybridized carbons (Fsp3) is 0.708. The number of aliphatic hydroxyl groups excluding tert-OH is 3. The van der Waals surface area contributed by atoms with Crippen LogP contribution < -0.4 is 11.4 Å². The number of unbranched alkanes of at least 4 members (excludes halogenated alkanes) is 16. The van der Waals surface area contributed by atoms with Crippen LogP contribution in [0.5, 0.6) is 0 Å². The van der Waals surface area contributed by atoms with Crippen LogP contribution in [0.15, 0.2) is 65.7 Å². The summed E-state index contributed by atoms with van der Waals surface area (Å²) in [7, 11) is -10.9.